The SMILES string of the molecule is Cc1ccc(SC2(C(=O)NCCC3CCNC3)CCCC2)cc1.Cl. The maximum absolute atomic E-state index is 12.9. The van der Waals surface area contributed by atoms with Crippen molar-refractivity contribution >= 4 is 30.1 Å². The van der Waals surface area contributed by atoms with Crippen LogP contribution in [0.15, 0.2) is 29.2 Å². The van der Waals surface area contributed by atoms with E-state index in [-0.39, 0.29) is 23.1 Å². The number of nitrogens with one attached hydrogen (secondary N) is 2. The van der Waals surface area contributed by atoms with Crippen molar-refractivity contribution < 1.29 is 4.79 Å². The number of carbonyl (C=O) groups is 1. The van der Waals surface area contributed by atoms with E-state index in [1.54, 1.807) is 11.8 Å². The average molecular weight is 369 g/mol. The highest BCUT2D eigenvalue weighted by molar-refractivity contribution is 8.01. The van der Waals surface area contributed by atoms with Crippen LogP contribution in [0, 0.1) is 12.8 Å². The minimum atomic E-state index is -0.247. The molecule has 1 atom stereocenters. The molecule has 5 heteroatoms. The zero-order valence-electron chi connectivity index (χ0n) is 14.5. The number of rotatable bonds is 6. The molecule has 1 aromatic rings. The maximum atomic E-state index is 12.9. The van der Waals surface area contributed by atoms with Crippen molar-refractivity contribution in [3.05, 3.63) is 29.8 Å². The van der Waals surface area contributed by atoms with Crippen molar-refractivity contribution in [3.8, 4) is 0 Å². The lowest BCUT2D eigenvalue weighted by atomic mass is 10.0. The van der Waals surface area contributed by atoms with Crippen LogP contribution in [-0.2, 0) is 4.79 Å². The van der Waals surface area contributed by atoms with Gasteiger partial charge in [0.2, 0.25) is 5.91 Å². The van der Waals surface area contributed by atoms with Crippen LogP contribution in [0.25, 0.3) is 0 Å². The normalized spacial score (nSPS) is 22.1. The molecule has 0 spiro atoms. The van der Waals surface area contributed by atoms with E-state index < -0.39 is 0 Å². The number of benzene rings is 1. The molecule has 1 saturated heterocycles. The Bertz CT molecular complexity index is 523. The molecule has 3 rings (SSSR count). The summed E-state index contributed by atoms with van der Waals surface area (Å²) in [7, 11) is 0. The van der Waals surface area contributed by atoms with Gasteiger partial charge in [-0.1, -0.05) is 30.5 Å². The third-order valence-corrected chi connectivity index (χ3v) is 6.65. The van der Waals surface area contributed by atoms with Gasteiger partial charge in [0.25, 0.3) is 0 Å². The Balaban J connectivity index is 0.00000208. The Hall–Kier alpha value is -0.710. The fourth-order valence-corrected chi connectivity index (χ4v) is 5.05. The topological polar surface area (TPSA) is 41.1 Å². The number of thioether (sulfide) groups is 1. The largest absolute Gasteiger partial charge is 0.355 e. The molecular weight excluding hydrogens is 340 g/mol. The highest BCUT2D eigenvalue weighted by atomic mass is 35.5. The third-order valence-electron chi connectivity index (χ3n) is 5.16. The molecule has 0 aromatic heterocycles. The highest BCUT2D eigenvalue weighted by Gasteiger charge is 2.42. The van der Waals surface area contributed by atoms with E-state index in [0.29, 0.717) is 0 Å². The Morgan fingerprint density at radius 1 is 1.29 bits per heavy atom. The van der Waals surface area contributed by atoms with E-state index in [4.69, 9.17) is 0 Å². The van der Waals surface area contributed by atoms with Gasteiger partial charge >= 0.3 is 0 Å². The molecule has 1 aliphatic carbocycles. The second-order valence-corrected chi connectivity index (χ2v) is 8.48. The van der Waals surface area contributed by atoms with E-state index in [1.807, 2.05) is 0 Å². The molecule has 2 aliphatic rings. The number of amides is 1. The van der Waals surface area contributed by atoms with Gasteiger partial charge in [0, 0.05) is 11.4 Å². The summed E-state index contributed by atoms with van der Waals surface area (Å²) in [6, 6.07) is 8.57. The lowest BCUT2D eigenvalue weighted by Gasteiger charge is -2.27. The first-order valence-corrected chi connectivity index (χ1v) is 9.74. The zero-order valence-corrected chi connectivity index (χ0v) is 16.1. The molecule has 0 radical (unpaired) electrons. The van der Waals surface area contributed by atoms with E-state index in [9.17, 15) is 4.79 Å². The maximum Gasteiger partial charge on any atom is 0.236 e. The van der Waals surface area contributed by atoms with Crippen LogP contribution in [0.5, 0.6) is 0 Å². The van der Waals surface area contributed by atoms with Gasteiger partial charge in [0.1, 0.15) is 0 Å². The standard InChI is InChI=1S/C19H28N2OS.ClH/c1-15-4-6-17(7-5-15)23-19(10-2-3-11-19)18(22)21-13-9-16-8-12-20-14-16;/h4-7,16,20H,2-3,8-14H2,1H3,(H,21,22);1H. The molecule has 134 valence electrons. The lowest BCUT2D eigenvalue weighted by Crippen LogP contribution is -2.43. The van der Waals surface area contributed by atoms with Gasteiger partial charge in [-0.15, -0.1) is 24.2 Å². The van der Waals surface area contributed by atoms with E-state index >= 15 is 0 Å². The summed E-state index contributed by atoms with van der Waals surface area (Å²) in [4.78, 5) is 14.1. The van der Waals surface area contributed by atoms with Gasteiger partial charge in [-0.05, 0) is 63.7 Å². The predicted molar refractivity (Wildman–Crippen MR) is 104 cm³/mol. The average Bonchev–Trinajstić information content (AvgIpc) is 3.22. The monoisotopic (exact) mass is 368 g/mol. The molecule has 1 amide bonds. The van der Waals surface area contributed by atoms with Crippen LogP contribution in [0.3, 0.4) is 0 Å². The summed E-state index contributed by atoms with van der Waals surface area (Å²) < 4.78 is -0.247. The molecular formula is C19H29ClN2OS. The van der Waals surface area contributed by atoms with Crippen LogP contribution in [0.2, 0.25) is 0 Å². The molecule has 1 aromatic carbocycles. The number of halogens is 1. The molecule has 1 heterocycles. The van der Waals surface area contributed by atoms with Crippen molar-refractivity contribution in [1.82, 2.24) is 10.6 Å². The summed E-state index contributed by atoms with van der Waals surface area (Å²) in [5.74, 6) is 0.992. The first kappa shape index (κ1) is 19.6. The first-order valence-electron chi connectivity index (χ1n) is 8.93. The Kier molecular flexibility index (Phi) is 7.45. The summed E-state index contributed by atoms with van der Waals surface area (Å²) >= 11 is 1.77. The number of aryl methyl sites for hydroxylation is 1. The van der Waals surface area contributed by atoms with Gasteiger partial charge in [-0.2, -0.15) is 0 Å². The van der Waals surface area contributed by atoms with Gasteiger partial charge in [-0.25, -0.2) is 0 Å². The number of hydrogen-bond donors (Lipinski definition) is 2. The van der Waals surface area contributed by atoms with Crippen molar-refractivity contribution in [2.24, 2.45) is 5.92 Å². The Labute approximate surface area is 156 Å². The molecule has 1 unspecified atom stereocenters. The second kappa shape index (κ2) is 9.12. The smallest absolute Gasteiger partial charge is 0.236 e. The highest BCUT2D eigenvalue weighted by Crippen LogP contribution is 2.45. The van der Waals surface area contributed by atoms with Crippen LogP contribution in [-0.4, -0.2) is 30.3 Å². The molecule has 2 N–H and O–H groups in total. The van der Waals surface area contributed by atoms with Gasteiger partial charge in [0.05, 0.1) is 4.75 Å². The van der Waals surface area contributed by atoms with Crippen LogP contribution in [0.1, 0.15) is 44.1 Å². The van der Waals surface area contributed by atoms with E-state index in [2.05, 4.69) is 41.8 Å². The molecule has 3 nitrogen and oxygen atoms in total. The molecule has 2 fully saturated rings. The summed E-state index contributed by atoms with van der Waals surface area (Å²) in [6.45, 7) is 5.16. The molecule has 0 bridgehead atoms. The fourth-order valence-electron chi connectivity index (χ4n) is 3.67. The molecule has 1 aliphatic heterocycles. The Morgan fingerprint density at radius 2 is 2.00 bits per heavy atom. The quantitative estimate of drug-likeness (QED) is 0.799. The van der Waals surface area contributed by atoms with Crippen LogP contribution < -0.4 is 10.6 Å². The first-order chi connectivity index (χ1) is 11.2. The molecule has 1 saturated carbocycles. The van der Waals surface area contributed by atoms with Crippen molar-refractivity contribution in [2.45, 2.75) is 55.1 Å². The van der Waals surface area contributed by atoms with Crippen LogP contribution >= 0.6 is 24.2 Å². The fraction of sp³-hybridized carbons (Fsp3) is 0.632. The minimum Gasteiger partial charge on any atom is -0.355 e. The number of carbonyl (C=O) groups excluding carboxylic acids is 1. The predicted octanol–water partition coefficient (Wildman–Crippen LogP) is 3.94. The summed E-state index contributed by atoms with van der Waals surface area (Å²) in [5.41, 5.74) is 1.27. The van der Waals surface area contributed by atoms with Gasteiger partial charge in [0.15, 0.2) is 0 Å². The Morgan fingerprint density at radius 3 is 2.62 bits per heavy atom. The van der Waals surface area contributed by atoms with Crippen molar-refractivity contribution in [1.29, 1.82) is 0 Å². The van der Waals surface area contributed by atoms with Crippen molar-refractivity contribution in [2.75, 3.05) is 19.6 Å². The third kappa shape index (κ3) is 4.90. The summed E-state index contributed by atoms with van der Waals surface area (Å²) in [5, 5.41) is 6.63. The minimum absolute atomic E-state index is 0. The second-order valence-electron chi connectivity index (χ2n) is 7.02. The van der Waals surface area contributed by atoms with E-state index in [0.717, 1.165) is 44.8 Å². The van der Waals surface area contributed by atoms with Gasteiger partial charge in [-0.3, -0.25) is 4.79 Å². The van der Waals surface area contributed by atoms with Crippen molar-refractivity contribution in [3.63, 3.8) is 0 Å². The van der Waals surface area contributed by atoms with Gasteiger partial charge < -0.3 is 10.6 Å². The number of hydrogen-bond acceptors (Lipinski definition) is 3. The lowest BCUT2D eigenvalue weighted by molar-refractivity contribution is -0.123. The summed E-state index contributed by atoms with van der Waals surface area (Å²) in [6.07, 6.45) is 6.69. The molecule has 24 heavy (non-hydrogen) atoms. The zero-order chi connectivity index (χ0) is 16.1. The van der Waals surface area contributed by atoms with Crippen LogP contribution in [0.4, 0.5) is 0 Å². The van der Waals surface area contributed by atoms with E-state index in [1.165, 1.54) is 29.7 Å².